The summed E-state index contributed by atoms with van der Waals surface area (Å²) in [5.41, 5.74) is 3.56. The SMILES string of the molecule is COC(=O)c1c(NC(=O)c2ccccc2OC)sc(C(=O)Nc2cccc(C)c2C)c1C. The lowest BCUT2D eigenvalue weighted by molar-refractivity contribution is 0.0601. The van der Waals surface area contributed by atoms with Crippen LogP contribution in [0.3, 0.4) is 0 Å². The first-order valence-corrected chi connectivity index (χ1v) is 10.6. The third-order valence-corrected chi connectivity index (χ3v) is 6.38. The number of nitrogens with one attached hydrogen (secondary N) is 2. The van der Waals surface area contributed by atoms with Gasteiger partial charge in [0.05, 0.1) is 30.2 Å². The summed E-state index contributed by atoms with van der Waals surface area (Å²) in [5.74, 6) is -1.08. The Morgan fingerprint density at radius 1 is 0.844 bits per heavy atom. The number of amides is 2. The Labute approximate surface area is 190 Å². The quantitative estimate of drug-likeness (QED) is 0.515. The molecule has 0 bridgehead atoms. The largest absolute Gasteiger partial charge is 0.496 e. The number of hydrogen-bond donors (Lipinski definition) is 2. The van der Waals surface area contributed by atoms with Crippen LogP contribution in [0.15, 0.2) is 42.5 Å². The van der Waals surface area contributed by atoms with Crippen molar-refractivity contribution in [2.75, 3.05) is 24.9 Å². The lowest BCUT2D eigenvalue weighted by Crippen LogP contribution is -2.15. The zero-order valence-electron chi connectivity index (χ0n) is 18.5. The Morgan fingerprint density at radius 3 is 2.25 bits per heavy atom. The number of carbonyl (C=O) groups is 3. The van der Waals surface area contributed by atoms with Crippen LogP contribution in [0.25, 0.3) is 0 Å². The first-order chi connectivity index (χ1) is 15.3. The van der Waals surface area contributed by atoms with E-state index in [0.29, 0.717) is 27.4 Å². The zero-order valence-corrected chi connectivity index (χ0v) is 19.3. The number of para-hydroxylation sites is 1. The predicted octanol–water partition coefficient (Wildman–Crippen LogP) is 4.97. The molecule has 0 atom stereocenters. The second kappa shape index (κ2) is 9.65. The molecule has 1 heterocycles. The summed E-state index contributed by atoms with van der Waals surface area (Å²) < 4.78 is 10.1. The number of aryl methyl sites for hydroxylation is 1. The van der Waals surface area contributed by atoms with E-state index in [-0.39, 0.29) is 16.5 Å². The number of ether oxygens (including phenoxy) is 2. The smallest absolute Gasteiger partial charge is 0.341 e. The van der Waals surface area contributed by atoms with Crippen molar-refractivity contribution in [2.24, 2.45) is 0 Å². The highest BCUT2D eigenvalue weighted by molar-refractivity contribution is 7.19. The number of rotatable bonds is 6. The molecule has 2 aromatic carbocycles. The van der Waals surface area contributed by atoms with Gasteiger partial charge in [-0.3, -0.25) is 9.59 Å². The number of benzene rings is 2. The molecule has 0 radical (unpaired) electrons. The van der Waals surface area contributed by atoms with Gasteiger partial charge in [0.1, 0.15) is 10.8 Å². The van der Waals surface area contributed by atoms with Gasteiger partial charge in [0.25, 0.3) is 11.8 Å². The van der Waals surface area contributed by atoms with Crippen molar-refractivity contribution in [3.63, 3.8) is 0 Å². The Kier molecular flexibility index (Phi) is 6.95. The van der Waals surface area contributed by atoms with E-state index >= 15 is 0 Å². The third kappa shape index (κ3) is 4.50. The molecule has 8 heteroatoms. The fourth-order valence-electron chi connectivity index (χ4n) is 3.23. The molecule has 3 rings (SSSR count). The van der Waals surface area contributed by atoms with Crippen molar-refractivity contribution in [3.05, 3.63) is 75.2 Å². The van der Waals surface area contributed by atoms with E-state index in [2.05, 4.69) is 10.6 Å². The maximum Gasteiger partial charge on any atom is 0.341 e. The Morgan fingerprint density at radius 2 is 1.56 bits per heavy atom. The topological polar surface area (TPSA) is 93.7 Å². The Bertz CT molecular complexity index is 1200. The summed E-state index contributed by atoms with van der Waals surface area (Å²) in [7, 11) is 2.72. The molecular weight excluding hydrogens is 428 g/mol. The van der Waals surface area contributed by atoms with Crippen molar-refractivity contribution in [1.82, 2.24) is 0 Å². The zero-order chi connectivity index (χ0) is 23.4. The number of anilines is 2. The molecule has 2 amide bonds. The predicted molar refractivity (Wildman–Crippen MR) is 125 cm³/mol. The van der Waals surface area contributed by atoms with Gasteiger partial charge in [-0.25, -0.2) is 4.79 Å². The second-order valence-corrected chi connectivity index (χ2v) is 8.13. The molecule has 3 aromatic rings. The molecule has 0 saturated heterocycles. The fourth-order valence-corrected chi connectivity index (χ4v) is 4.32. The van der Waals surface area contributed by atoms with E-state index in [9.17, 15) is 14.4 Å². The molecule has 0 spiro atoms. The van der Waals surface area contributed by atoms with E-state index in [1.165, 1.54) is 14.2 Å². The van der Waals surface area contributed by atoms with E-state index < -0.39 is 11.9 Å². The van der Waals surface area contributed by atoms with Crippen LogP contribution in [0.1, 0.15) is 47.1 Å². The van der Waals surface area contributed by atoms with Crippen LogP contribution in [0.5, 0.6) is 5.75 Å². The summed E-state index contributed by atoms with van der Waals surface area (Å²) in [4.78, 5) is 38.7. The van der Waals surface area contributed by atoms with Gasteiger partial charge in [0, 0.05) is 5.69 Å². The van der Waals surface area contributed by atoms with E-state index in [4.69, 9.17) is 9.47 Å². The van der Waals surface area contributed by atoms with Crippen LogP contribution in [-0.2, 0) is 4.74 Å². The first kappa shape index (κ1) is 23.0. The van der Waals surface area contributed by atoms with Crippen LogP contribution < -0.4 is 15.4 Å². The Balaban J connectivity index is 1.97. The molecule has 166 valence electrons. The summed E-state index contributed by atoms with van der Waals surface area (Å²) in [6, 6.07) is 12.4. The van der Waals surface area contributed by atoms with Crippen molar-refractivity contribution in [2.45, 2.75) is 20.8 Å². The van der Waals surface area contributed by atoms with Gasteiger partial charge in [-0.1, -0.05) is 24.3 Å². The number of thiophene rings is 1. The molecule has 0 aliphatic carbocycles. The standard InChI is InChI=1S/C24H24N2O5S/c1-13-9-8-11-17(14(13)2)25-22(28)20-15(3)19(24(29)31-5)23(32-20)26-21(27)16-10-6-7-12-18(16)30-4/h6-12H,1-5H3,(H,25,28)(H,26,27). The summed E-state index contributed by atoms with van der Waals surface area (Å²) >= 11 is 1.02. The molecule has 0 aliphatic heterocycles. The maximum absolute atomic E-state index is 13.0. The number of esters is 1. The second-order valence-electron chi connectivity index (χ2n) is 7.11. The van der Waals surface area contributed by atoms with Crippen molar-refractivity contribution in [1.29, 1.82) is 0 Å². The van der Waals surface area contributed by atoms with Crippen molar-refractivity contribution >= 4 is 39.8 Å². The van der Waals surface area contributed by atoms with Gasteiger partial charge in [-0.2, -0.15) is 0 Å². The van der Waals surface area contributed by atoms with Crippen LogP contribution in [0, 0.1) is 20.8 Å². The highest BCUT2D eigenvalue weighted by atomic mass is 32.1. The minimum atomic E-state index is -0.639. The number of methoxy groups -OCH3 is 2. The molecule has 0 fully saturated rings. The summed E-state index contributed by atoms with van der Waals surface area (Å²) in [6.07, 6.45) is 0. The number of carbonyl (C=O) groups excluding carboxylic acids is 3. The van der Waals surface area contributed by atoms with E-state index in [1.807, 2.05) is 32.0 Å². The normalized spacial score (nSPS) is 10.4. The van der Waals surface area contributed by atoms with Gasteiger partial charge in [0.2, 0.25) is 0 Å². The molecule has 0 unspecified atom stereocenters. The number of hydrogen-bond acceptors (Lipinski definition) is 6. The van der Waals surface area contributed by atoms with Gasteiger partial charge in [-0.15, -0.1) is 11.3 Å². The minimum Gasteiger partial charge on any atom is -0.496 e. The molecule has 1 aromatic heterocycles. The summed E-state index contributed by atoms with van der Waals surface area (Å²) in [6.45, 7) is 5.53. The van der Waals surface area contributed by atoms with Gasteiger partial charge in [0.15, 0.2) is 0 Å². The van der Waals surface area contributed by atoms with Crippen LogP contribution in [-0.4, -0.2) is 32.0 Å². The maximum atomic E-state index is 13.0. The molecule has 2 N–H and O–H groups in total. The Hall–Kier alpha value is -3.65. The van der Waals surface area contributed by atoms with Gasteiger partial charge >= 0.3 is 5.97 Å². The third-order valence-electron chi connectivity index (χ3n) is 5.17. The van der Waals surface area contributed by atoms with Crippen molar-refractivity contribution < 1.29 is 23.9 Å². The fraction of sp³-hybridized carbons (Fsp3) is 0.208. The molecular formula is C24H24N2O5S. The first-order valence-electron chi connectivity index (χ1n) is 9.82. The minimum absolute atomic E-state index is 0.145. The van der Waals surface area contributed by atoms with Crippen LogP contribution >= 0.6 is 11.3 Å². The van der Waals surface area contributed by atoms with Crippen molar-refractivity contribution in [3.8, 4) is 5.75 Å². The van der Waals surface area contributed by atoms with Gasteiger partial charge < -0.3 is 20.1 Å². The monoisotopic (exact) mass is 452 g/mol. The summed E-state index contributed by atoms with van der Waals surface area (Å²) in [5, 5.41) is 5.86. The van der Waals surface area contributed by atoms with Gasteiger partial charge in [-0.05, 0) is 55.7 Å². The lowest BCUT2D eigenvalue weighted by atomic mass is 10.1. The molecule has 7 nitrogen and oxygen atoms in total. The molecule has 0 saturated carbocycles. The van der Waals surface area contributed by atoms with Crippen LogP contribution in [0.4, 0.5) is 10.7 Å². The highest BCUT2D eigenvalue weighted by Crippen LogP contribution is 2.35. The lowest BCUT2D eigenvalue weighted by Gasteiger charge is -2.10. The van der Waals surface area contributed by atoms with E-state index in [0.717, 1.165) is 22.5 Å². The molecule has 32 heavy (non-hydrogen) atoms. The van der Waals surface area contributed by atoms with Crippen LogP contribution in [0.2, 0.25) is 0 Å². The molecule has 0 aliphatic rings. The average Bonchev–Trinajstić information content (AvgIpc) is 3.11. The average molecular weight is 453 g/mol. The highest BCUT2D eigenvalue weighted by Gasteiger charge is 2.27. The van der Waals surface area contributed by atoms with E-state index in [1.54, 1.807) is 31.2 Å².